The number of benzene rings is 2. The molecular formula is C28H29ClN4O2. The number of halogens is 1. The van der Waals surface area contributed by atoms with Gasteiger partial charge in [-0.15, -0.1) is 0 Å². The zero-order chi connectivity index (χ0) is 25.3. The Labute approximate surface area is 210 Å². The fourth-order valence-electron chi connectivity index (χ4n) is 3.81. The molecule has 0 radical (unpaired) electrons. The minimum Gasteiger partial charge on any atom is -0.472 e. The van der Waals surface area contributed by atoms with Crippen LogP contribution in [0.1, 0.15) is 49.1 Å². The first-order chi connectivity index (χ1) is 16.5. The van der Waals surface area contributed by atoms with Gasteiger partial charge in [-0.2, -0.15) is 4.98 Å². The van der Waals surface area contributed by atoms with Crippen LogP contribution in [0.25, 0.3) is 16.9 Å². The fourth-order valence-corrected chi connectivity index (χ4v) is 3.99. The number of aryl methyl sites for hydroxylation is 3. The van der Waals surface area contributed by atoms with E-state index in [-0.39, 0.29) is 28.5 Å². The summed E-state index contributed by atoms with van der Waals surface area (Å²) >= 11 is 6.46. The molecular weight excluding hydrogens is 460 g/mol. The van der Waals surface area contributed by atoms with Crippen molar-refractivity contribution in [2.75, 3.05) is 0 Å². The Hall–Kier alpha value is -3.51. The molecule has 6 nitrogen and oxygen atoms in total. The van der Waals surface area contributed by atoms with Crippen molar-refractivity contribution in [3.05, 3.63) is 98.4 Å². The maximum absolute atomic E-state index is 13.3. The van der Waals surface area contributed by atoms with Gasteiger partial charge in [0.1, 0.15) is 18.3 Å². The monoisotopic (exact) mass is 488 g/mol. The number of rotatable bonds is 5. The minimum atomic E-state index is -0.378. The van der Waals surface area contributed by atoms with Crippen LogP contribution in [0.2, 0.25) is 5.02 Å². The summed E-state index contributed by atoms with van der Waals surface area (Å²) in [6, 6.07) is 15.7. The molecule has 0 aliphatic rings. The van der Waals surface area contributed by atoms with Crippen molar-refractivity contribution >= 4 is 11.6 Å². The van der Waals surface area contributed by atoms with Crippen molar-refractivity contribution in [1.82, 2.24) is 19.5 Å². The van der Waals surface area contributed by atoms with Crippen LogP contribution in [0, 0.1) is 20.8 Å². The molecule has 0 fully saturated rings. The molecule has 0 saturated carbocycles. The topological polar surface area (TPSA) is 69.9 Å². The fraction of sp³-hybridized carbons (Fsp3) is 0.286. The Balaban J connectivity index is 1.72. The molecule has 0 aliphatic carbocycles. The van der Waals surface area contributed by atoms with Crippen molar-refractivity contribution in [2.45, 2.75) is 53.6 Å². The van der Waals surface area contributed by atoms with Gasteiger partial charge in [0.05, 0.1) is 11.4 Å². The molecule has 180 valence electrons. The lowest BCUT2D eigenvalue weighted by Crippen LogP contribution is -2.24. The molecule has 0 spiro atoms. The third-order valence-corrected chi connectivity index (χ3v) is 6.02. The first kappa shape index (κ1) is 24.6. The third-order valence-electron chi connectivity index (χ3n) is 5.70. The average Bonchev–Trinajstić information content (AvgIpc) is 2.81. The second kappa shape index (κ2) is 9.62. The highest BCUT2D eigenvalue weighted by atomic mass is 35.5. The lowest BCUT2D eigenvalue weighted by Gasteiger charge is -2.18. The lowest BCUT2D eigenvalue weighted by atomic mass is 9.95. The van der Waals surface area contributed by atoms with Gasteiger partial charge in [-0.25, -0.2) is 9.97 Å². The van der Waals surface area contributed by atoms with Gasteiger partial charge >= 0.3 is 0 Å². The van der Waals surface area contributed by atoms with E-state index in [4.69, 9.17) is 21.3 Å². The van der Waals surface area contributed by atoms with E-state index < -0.39 is 0 Å². The average molecular weight is 489 g/mol. The first-order valence-electron chi connectivity index (χ1n) is 11.5. The highest BCUT2D eigenvalue weighted by molar-refractivity contribution is 6.31. The smallest absolute Gasteiger partial charge is 0.280 e. The molecule has 2 aromatic heterocycles. The number of hydrogen-bond acceptors (Lipinski definition) is 5. The molecule has 0 aliphatic heterocycles. The highest BCUT2D eigenvalue weighted by Gasteiger charge is 2.20. The van der Waals surface area contributed by atoms with Crippen LogP contribution in [0.4, 0.5) is 0 Å². The molecule has 4 aromatic rings. The Kier molecular flexibility index (Phi) is 6.77. The van der Waals surface area contributed by atoms with Gasteiger partial charge in [0.25, 0.3) is 5.56 Å². The van der Waals surface area contributed by atoms with Gasteiger partial charge in [-0.3, -0.25) is 9.36 Å². The van der Waals surface area contributed by atoms with E-state index in [9.17, 15) is 4.79 Å². The van der Waals surface area contributed by atoms with Crippen LogP contribution >= 0.6 is 11.6 Å². The number of nitrogens with zero attached hydrogens (tertiary/aromatic N) is 4. The number of ether oxygens (including phenoxy) is 1. The van der Waals surface area contributed by atoms with Crippen molar-refractivity contribution in [3.8, 4) is 22.8 Å². The Bertz CT molecular complexity index is 1450. The van der Waals surface area contributed by atoms with Crippen LogP contribution in [0.3, 0.4) is 0 Å². The standard InChI is InChI=1S/C28H29ClN4O2/c1-17-8-7-9-20(14-17)16-35-25-24(29)26(34)33(19(3)31-25)23-15-21(11-10-18(23)2)22-12-13-30-27(32-22)28(4,5)6/h7-15H,16H2,1-6H3. The summed E-state index contributed by atoms with van der Waals surface area (Å²) in [6.07, 6.45) is 1.76. The van der Waals surface area contributed by atoms with Crippen LogP contribution in [0.5, 0.6) is 5.88 Å². The Morgan fingerprint density at radius 3 is 2.49 bits per heavy atom. The lowest BCUT2D eigenvalue weighted by molar-refractivity contribution is 0.291. The van der Waals surface area contributed by atoms with Gasteiger partial charge in [-0.1, -0.05) is 74.3 Å². The summed E-state index contributed by atoms with van der Waals surface area (Å²) in [7, 11) is 0. The molecule has 2 heterocycles. The summed E-state index contributed by atoms with van der Waals surface area (Å²) in [5.74, 6) is 1.37. The molecule has 7 heteroatoms. The zero-order valence-corrected chi connectivity index (χ0v) is 21.6. The van der Waals surface area contributed by atoms with E-state index in [1.165, 1.54) is 4.57 Å². The van der Waals surface area contributed by atoms with Gasteiger partial charge in [0, 0.05) is 17.2 Å². The molecule has 35 heavy (non-hydrogen) atoms. The first-order valence-corrected chi connectivity index (χ1v) is 11.8. The predicted molar refractivity (Wildman–Crippen MR) is 140 cm³/mol. The van der Waals surface area contributed by atoms with Gasteiger partial charge < -0.3 is 4.74 Å². The quantitative estimate of drug-likeness (QED) is 0.337. The molecule has 0 saturated heterocycles. The van der Waals surface area contributed by atoms with E-state index in [0.29, 0.717) is 11.5 Å². The summed E-state index contributed by atoms with van der Waals surface area (Å²) in [5.41, 5.74) is 4.82. The predicted octanol–water partition coefficient (Wildman–Crippen LogP) is 6.14. The van der Waals surface area contributed by atoms with E-state index in [1.54, 1.807) is 13.1 Å². The highest BCUT2D eigenvalue weighted by Crippen LogP contribution is 2.27. The molecule has 0 unspecified atom stereocenters. The van der Waals surface area contributed by atoms with Crippen LogP contribution in [-0.2, 0) is 12.0 Å². The van der Waals surface area contributed by atoms with Crippen molar-refractivity contribution in [3.63, 3.8) is 0 Å². The normalized spacial score (nSPS) is 11.5. The maximum Gasteiger partial charge on any atom is 0.280 e. The van der Waals surface area contributed by atoms with E-state index >= 15 is 0 Å². The van der Waals surface area contributed by atoms with Crippen molar-refractivity contribution in [2.24, 2.45) is 0 Å². The molecule has 4 rings (SSSR count). The summed E-state index contributed by atoms with van der Waals surface area (Å²) < 4.78 is 7.35. The minimum absolute atomic E-state index is 0.0508. The van der Waals surface area contributed by atoms with E-state index in [1.807, 2.05) is 62.4 Å². The molecule has 0 N–H and O–H groups in total. The van der Waals surface area contributed by atoms with Crippen molar-refractivity contribution in [1.29, 1.82) is 0 Å². The second-order valence-electron chi connectivity index (χ2n) is 9.71. The van der Waals surface area contributed by atoms with Crippen molar-refractivity contribution < 1.29 is 4.74 Å². The van der Waals surface area contributed by atoms with E-state index in [0.717, 1.165) is 33.8 Å². The van der Waals surface area contributed by atoms with Crippen LogP contribution < -0.4 is 10.3 Å². The molecule has 0 amide bonds. The Morgan fingerprint density at radius 2 is 1.77 bits per heavy atom. The van der Waals surface area contributed by atoms with Crippen LogP contribution in [0.15, 0.2) is 59.5 Å². The molecule has 2 aromatic carbocycles. The SMILES string of the molecule is Cc1cccc(COc2nc(C)n(-c3cc(-c4ccnc(C(C)(C)C)n4)ccc3C)c(=O)c2Cl)c1. The summed E-state index contributed by atoms with van der Waals surface area (Å²) in [6.45, 7) is 12.2. The van der Waals surface area contributed by atoms with E-state index in [2.05, 4.69) is 30.7 Å². The Morgan fingerprint density at radius 1 is 1.00 bits per heavy atom. The zero-order valence-electron chi connectivity index (χ0n) is 20.9. The maximum atomic E-state index is 13.3. The third kappa shape index (κ3) is 5.28. The largest absolute Gasteiger partial charge is 0.472 e. The summed E-state index contributed by atoms with van der Waals surface area (Å²) in [4.78, 5) is 27.0. The molecule has 0 bridgehead atoms. The van der Waals surface area contributed by atoms with Crippen LogP contribution in [-0.4, -0.2) is 19.5 Å². The summed E-state index contributed by atoms with van der Waals surface area (Å²) in [5, 5.41) is -0.0508. The van der Waals surface area contributed by atoms with Gasteiger partial charge in [0.2, 0.25) is 5.88 Å². The van der Waals surface area contributed by atoms with Gasteiger partial charge in [-0.05, 0) is 44.0 Å². The molecule has 0 atom stereocenters. The second-order valence-corrected chi connectivity index (χ2v) is 10.1. The number of aromatic nitrogens is 4. The number of hydrogen-bond donors (Lipinski definition) is 0. The van der Waals surface area contributed by atoms with Gasteiger partial charge in [0.15, 0.2) is 5.02 Å².